The molecular formula is C19H16F3N3O3S. The van der Waals surface area contributed by atoms with E-state index < -0.39 is 29.2 Å². The molecule has 152 valence electrons. The number of benzene rings is 1. The highest BCUT2D eigenvalue weighted by Crippen LogP contribution is 2.30. The summed E-state index contributed by atoms with van der Waals surface area (Å²) >= 11 is 1.36. The van der Waals surface area contributed by atoms with Crippen LogP contribution < -0.4 is 15.6 Å². The van der Waals surface area contributed by atoms with Gasteiger partial charge in [-0.2, -0.15) is 18.3 Å². The third kappa shape index (κ3) is 4.65. The molecule has 1 N–H and O–H groups in total. The summed E-state index contributed by atoms with van der Waals surface area (Å²) in [6, 6.07) is 7.66. The second kappa shape index (κ2) is 8.08. The zero-order valence-corrected chi connectivity index (χ0v) is 16.2. The number of nitrogens with one attached hydrogen (secondary N) is 1. The highest BCUT2D eigenvalue weighted by molar-refractivity contribution is 7.12. The molecule has 1 atom stereocenters. The minimum absolute atomic E-state index is 0.182. The monoisotopic (exact) mass is 423 g/mol. The van der Waals surface area contributed by atoms with E-state index in [0.29, 0.717) is 10.8 Å². The van der Waals surface area contributed by atoms with Gasteiger partial charge in [0.2, 0.25) is 5.91 Å². The molecule has 0 aliphatic carbocycles. The third-order valence-corrected chi connectivity index (χ3v) is 5.01. The van der Waals surface area contributed by atoms with Crippen LogP contribution in [0.25, 0.3) is 11.3 Å². The fourth-order valence-electron chi connectivity index (χ4n) is 2.51. The Labute approximate surface area is 167 Å². The molecule has 0 saturated carbocycles. The third-order valence-electron chi connectivity index (χ3n) is 4.12. The Morgan fingerprint density at radius 3 is 2.48 bits per heavy atom. The number of aromatic nitrogens is 2. The lowest BCUT2D eigenvalue weighted by atomic mass is 10.2. The first-order valence-electron chi connectivity index (χ1n) is 8.40. The fourth-order valence-corrected chi connectivity index (χ4v) is 3.24. The number of hydrogen-bond donors (Lipinski definition) is 1. The van der Waals surface area contributed by atoms with Gasteiger partial charge in [-0.05, 0) is 37.3 Å². The molecule has 10 heteroatoms. The van der Waals surface area contributed by atoms with Crippen LogP contribution >= 0.6 is 11.3 Å². The molecule has 3 aromatic rings. The number of methoxy groups -OCH3 is 1. The average molecular weight is 423 g/mol. The summed E-state index contributed by atoms with van der Waals surface area (Å²) in [4.78, 5) is 24.7. The van der Waals surface area contributed by atoms with Gasteiger partial charge in [-0.25, -0.2) is 4.68 Å². The molecule has 1 amide bonds. The maximum atomic E-state index is 12.6. The Bertz CT molecular complexity index is 1070. The highest BCUT2D eigenvalue weighted by atomic mass is 32.1. The van der Waals surface area contributed by atoms with Crippen LogP contribution in [0.3, 0.4) is 0 Å². The van der Waals surface area contributed by atoms with E-state index in [1.165, 1.54) is 31.4 Å². The number of alkyl halides is 3. The number of carbonyl (C=O) groups is 1. The maximum absolute atomic E-state index is 12.6. The lowest BCUT2D eigenvalue weighted by molar-refractivity contribution is -0.137. The molecule has 3 rings (SSSR count). The second-order valence-corrected chi connectivity index (χ2v) is 6.97. The van der Waals surface area contributed by atoms with E-state index in [2.05, 4.69) is 10.4 Å². The molecule has 1 unspecified atom stereocenters. The van der Waals surface area contributed by atoms with Crippen molar-refractivity contribution in [3.05, 3.63) is 63.8 Å². The molecule has 2 aromatic heterocycles. The molecule has 0 aliphatic heterocycles. The van der Waals surface area contributed by atoms with Gasteiger partial charge >= 0.3 is 6.18 Å². The van der Waals surface area contributed by atoms with Crippen LogP contribution in [0.4, 0.5) is 18.9 Å². The Balaban J connectivity index is 1.80. The van der Waals surface area contributed by atoms with E-state index in [4.69, 9.17) is 4.74 Å². The molecule has 0 fully saturated rings. The van der Waals surface area contributed by atoms with E-state index in [9.17, 15) is 22.8 Å². The number of nitrogens with zero attached hydrogens (tertiary/aromatic N) is 2. The van der Waals surface area contributed by atoms with Crippen LogP contribution in [0.5, 0.6) is 5.06 Å². The van der Waals surface area contributed by atoms with E-state index in [-0.39, 0.29) is 5.69 Å². The lowest BCUT2D eigenvalue weighted by Gasteiger charge is -2.15. The summed E-state index contributed by atoms with van der Waals surface area (Å²) in [7, 11) is 1.54. The van der Waals surface area contributed by atoms with Gasteiger partial charge in [0.05, 0.1) is 18.4 Å². The van der Waals surface area contributed by atoms with Crippen LogP contribution in [0.1, 0.15) is 18.5 Å². The van der Waals surface area contributed by atoms with Crippen molar-refractivity contribution in [2.75, 3.05) is 12.4 Å². The molecule has 0 spiro atoms. The van der Waals surface area contributed by atoms with Gasteiger partial charge in [-0.1, -0.05) is 0 Å². The predicted octanol–water partition coefficient (Wildman–Crippen LogP) is 4.20. The number of ether oxygens (including phenoxy) is 1. The summed E-state index contributed by atoms with van der Waals surface area (Å²) in [6.07, 6.45) is -4.46. The van der Waals surface area contributed by atoms with Crippen LogP contribution in [0.15, 0.2) is 52.6 Å². The van der Waals surface area contributed by atoms with Crippen molar-refractivity contribution in [2.24, 2.45) is 0 Å². The van der Waals surface area contributed by atoms with Crippen molar-refractivity contribution in [1.82, 2.24) is 9.78 Å². The van der Waals surface area contributed by atoms with Crippen LogP contribution in [-0.2, 0) is 11.0 Å². The number of thiophene rings is 1. The minimum atomic E-state index is -4.46. The average Bonchev–Trinajstić information content (AvgIpc) is 3.17. The van der Waals surface area contributed by atoms with E-state index >= 15 is 0 Å². The Morgan fingerprint density at radius 2 is 1.90 bits per heavy atom. The molecular weight excluding hydrogens is 407 g/mol. The largest absolute Gasteiger partial charge is 0.487 e. The van der Waals surface area contributed by atoms with E-state index in [0.717, 1.165) is 34.5 Å². The van der Waals surface area contributed by atoms with Crippen LogP contribution in [0.2, 0.25) is 0 Å². The summed E-state index contributed by atoms with van der Waals surface area (Å²) in [5.41, 5.74) is 0.0993. The van der Waals surface area contributed by atoms with Crippen molar-refractivity contribution < 1.29 is 22.7 Å². The summed E-state index contributed by atoms with van der Waals surface area (Å²) in [5, 5.41) is 9.22. The van der Waals surface area contributed by atoms with Crippen LogP contribution in [0, 0.1) is 0 Å². The summed E-state index contributed by atoms with van der Waals surface area (Å²) in [5.74, 6) is -0.584. The number of anilines is 1. The second-order valence-electron chi connectivity index (χ2n) is 6.10. The van der Waals surface area contributed by atoms with Crippen LogP contribution in [-0.4, -0.2) is 22.8 Å². The van der Waals surface area contributed by atoms with Crippen molar-refractivity contribution >= 4 is 22.9 Å². The zero-order chi connectivity index (χ0) is 21.2. The molecule has 6 nitrogen and oxygen atoms in total. The molecule has 0 aliphatic rings. The number of carbonyl (C=O) groups excluding carboxylic acids is 1. The Hall–Kier alpha value is -3.14. The number of hydrogen-bond acceptors (Lipinski definition) is 5. The van der Waals surface area contributed by atoms with Crippen molar-refractivity contribution in [3.8, 4) is 16.3 Å². The van der Waals surface area contributed by atoms with E-state index in [1.54, 1.807) is 12.1 Å². The summed E-state index contributed by atoms with van der Waals surface area (Å²) < 4.78 is 44.1. The number of halogens is 3. The molecule has 0 bridgehead atoms. The van der Waals surface area contributed by atoms with Gasteiger partial charge in [0.25, 0.3) is 5.56 Å². The first-order valence-corrected chi connectivity index (χ1v) is 9.28. The van der Waals surface area contributed by atoms with Gasteiger partial charge in [0.15, 0.2) is 5.06 Å². The van der Waals surface area contributed by atoms with Crippen molar-refractivity contribution in [1.29, 1.82) is 0 Å². The highest BCUT2D eigenvalue weighted by Gasteiger charge is 2.30. The fraction of sp³-hybridized carbons (Fsp3) is 0.211. The topological polar surface area (TPSA) is 73.2 Å². The summed E-state index contributed by atoms with van der Waals surface area (Å²) in [6.45, 7) is 1.48. The molecule has 1 aromatic carbocycles. The van der Waals surface area contributed by atoms with Crippen molar-refractivity contribution in [2.45, 2.75) is 19.1 Å². The Morgan fingerprint density at radius 1 is 1.21 bits per heavy atom. The van der Waals surface area contributed by atoms with Crippen molar-refractivity contribution in [3.63, 3.8) is 0 Å². The normalized spacial score (nSPS) is 12.4. The predicted molar refractivity (Wildman–Crippen MR) is 103 cm³/mol. The smallest absolute Gasteiger partial charge is 0.416 e. The zero-order valence-electron chi connectivity index (χ0n) is 15.4. The van der Waals surface area contributed by atoms with Gasteiger partial charge < -0.3 is 10.1 Å². The molecule has 29 heavy (non-hydrogen) atoms. The Kier molecular flexibility index (Phi) is 5.73. The standard InChI is InChI=1S/C19H16F3N3O3S/c1-11(18(27)23-14-5-3-13(4-6-14)19(20,21)22)25-16(26)8-7-15(24-25)12-9-17(28-2)29-10-12/h3-11H,1-2H3,(H,23,27). The number of rotatable bonds is 5. The first kappa shape index (κ1) is 20.6. The quantitative estimate of drug-likeness (QED) is 0.668. The van der Waals surface area contributed by atoms with Gasteiger partial charge in [-0.3, -0.25) is 9.59 Å². The van der Waals surface area contributed by atoms with Gasteiger partial charge in [0, 0.05) is 28.8 Å². The molecule has 2 heterocycles. The molecule has 0 radical (unpaired) electrons. The SMILES string of the molecule is COc1cc(-c2ccc(=O)n(C(C)C(=O)Nc3ccc(C(F)(F)F)cc3)n2)cs1. The lowest BCUT2D eigenvalue weighted by Crippen LogP contribution is -2.33. The number of amides is 1. The van der Waals surface area contributed by atoms with Gasteiger partial charge in [-0.15, -0.1) is 11.3 Å². The first-order chi connectivity index (χ1) is 13.7. The maximum Gasteiger partial charge on any atom is 0.416 e. The van der Waals surface area contributed by atoms with E-state index in [1.807, 2.05) is 5.38 Å². The minimum Gasteiger partial charge on any atom is -0.487 e. The molecule has 0 saturated heterocycles. The van der Waals surface area contributed by atoms with Gasteiger partial charge in [0.1, 0.15) is 6.04 Å².